The van der Waals surface area contributed by atoms with Gasteiger partial charge in [-0.1, -0.05) is 6.92 Å². The molecule has 0 aromatic heterocycles. The maximum atomic E-state index is 12.4. The molecule has 0 bridgehead atoms. The van der Waals surface area contributed by atoms with E-state index in [4.69, 9.17) is 14.2 Å². The Hall–Kier alpha value is -1.14. The zero-order valence-electron chi connectivity index (χ0n) is 12.3. The van der Waals surface area contributed by atoms with E-state index in [1.165, 1.54) is 0 Å². The maximum Gasteiger partial charge on any atom is 0.315 e. The Labute approximate surface area is 121 Å². The van der Waals surface area contributed by atoms with Crippen molar-refractivity contribution in [2.75, 3.05) is 6.61 Å². The second kappa shape index (κ2) is 2.74. The molecule has 6 heteroatoms. The van der Waals surface area contributed by atoms with Crippen LogP contribution in [-0.4, -0.2) is 47.1 Å². The molecule has 1 spiro atoms. The van der Waals surface area contributed by atoms with Crippen LogP contribution in [0.1, 0.15) is 33.6 Å². The standard InChI is InChI=1S/C15H18O6/c1-11-6-19-10(18)12(11,2)9-14-5-8(17)20-15(11,14)4-7(16)13(14,3)21-9/h7,9,16H,4-6H2,1-3H3/t7-,9-,11+,12-,13+,14?,15-/m1/s1. The predicted molar refractivity (Wildman–Crippen MR) is 66.9 cm³/mol. The molecule has 21 heavy (non-hydrogen) atoms. The summed E-state index contributed by atoms with van der Waals surface area (Å²) in [5, 5.41) is 10.5. The molecule has 3 heterocycles. The normalized spacial score (nSPS) is 66.3. The molecule has 0 amide bonds. The van der Waals surface area contributed by atoms with Gasteiger partial charge in [0.1, 0.15) is 23.2 Å². The summed E-state index contributed by atoms with van der Waals surface area (Å²) in [6.45, 7) is 5.86. The Morgan fingerprint density at radius 2 is 1.95 bits per heavy atom. The largest absolute Gasteiger partial charge is 0.464 e. The van der Waals surface area contributed by atoms with Crippen LogP contribution in [0, 0.1) is 16.2 Å². The van der Waals surface area contributed by atoms with Gasteiger partial charge in [0, 0.05) is 6.42 Å². The third-order valence-corrected chi connectivity index (χ3v) is 7.72. The molecule has 6 nitrogen and oxygen atoms in total. The average Bonchev–Trinajstić information content (AvgIpc) is 2.92. The van der Waals surface area contributed by atoms with Crippen molar-refractivity contribution in [1.29, 1.82) is 0 Å². The molecule has 1 unspecified atom stereocenters. The van der Waals surface area contributed by atoms with Crippen molar-refractivity contribution in [3.05, 3.63) is 0 Å². The minimum atomic E-state index is -0.866. The number of hydrogen-bond donors (Lipinski definition) is 1. The first-order valence-electron chi connectivity index (χ1n) is 7.45. The summed E-state index contributed by atoms with van der Waals surface area (Å²) >= 11 is 0. The van der Waals surface area contributed by atoms with E-state index in [9.17, 15) is 14.7 Å². The van der Waals surface area contributed by atoms with Gasteiger partial charge < -0.3 is 19.3 Å². The van der Waals surface area contributed by atoms with Crippen molar-refractivity contribution in [3.63, 3.8) is 0 Å². The third kappa shape index (κ3) is 0.744. The van der Waals surface area contributed by atoms with Crippen molar-refractivity contribution >= 4 is 11.9 Å². The molecule has 7 atom stereocenters. The monoisotopic (exact) mass is 294 g/mol. The van der Waals surface area contributed by atoms with Crippen LogP contribution >= 0.6 is 0 Å². The van der Waals surface area contributed by atoms with Crippen LogP contribution in [0.4, 0.5) is 0 Å². The number of ether oxygens (including phenoxy) is 3. The molecule has 5 aliphatic rings. The molecular weight excluding hydrogens is 276 g/mol. The van der Waals surface area contributed by atoms with Crippen LogP contribution in [0.25, 0.3) is 0 Å². The average molecular weight is 294 g/mol. The molecule has 0 radical (unpaired) electrons. The molecule has 0 aromatic carbocycles. The van der Waals surface area contributed by atoms with E-state index in [1.54, 1.807) is 0 Å². The summed E-state index contributed by atoms with van der Waals surface area (Å²) in [6, 6.07) is 0. The van der Waals surface area contributed by atoms with Gasteiger partial charge >= 0.3 is 11.9 Å². The lowest BCUT2D eigenvalue weighted by Gasteiger charge is -2.59. The summed E-state index contributed by atoms with van der Waals surface area (Å²) in [6.07, 6.45) is -0.601. The summed E-state index contributed by atoms with van der Waals surface area (Å²) in [5.41, 5.74) is -3.79. The Morgan fingerprint density at radius 1 is 1.24 bits per heavy atom. The second-order valence-corrected chi connectivity index (χ2v) is 7.88. The highest BCUT2D eigenvalue weighted by Gasteiger charge is 2.99. The molecule has 0 aromatic rings. The third-order valence-electron chi connectivity index (χ3n) is 7.72. The molecule has 5 rings (SSSR count). The summed E-state index contributed by atoms with van der Waals surface area (Å²) in [4.78, 5) is 24.5. The zero-order chi connectivity index (χ0) is 15.1. The fourth-order valence-electron chi connectivity index (χ4n) is 6.40. The molecule has 1 N–H and O–H groups in total. The molecule has 2 saturated carbocycles. The van der Waals surface area contributed by atoms with Gasteiger partial charge in [0.15, 0.2) is 0 Å². The van der Waals surface area contributed by atoms with Crippen molar-refractivity contribution < 1.29 is 28.9 Å². The van der Waals surface area contributed by atoms with Gasteiger partial charge in [-0.3, -0.25) is 9.59 Å². The zero-order valence-corrected chi connectivity index (χ0v) is 12.3. The Morgan fingerprint density at radius 3 is 2.67 bits per heavy atom. The Kier molecular flexibility index (Phi) is 1.62. The maximum absolute atomic E-state index is 12.4. The molecular formula is C15H18O6. The van der Waals surface area contributed by atoms with E-state index < -0.39 is 39.7 Å². The fraction of sp³-hybridized carbons (Fsp3) is 0.867. The number of aliphatic hydroxyl groups excluding tert-OH is 1. The van der Waals surface area contributed by atoms with Gasteiger partial charge in [0.25, 0.3) is 0 Å². The summed E-state index contributed by atoms with van der Waals surface area (Å²) < 4.78 is 17.3. The summed E-state index contributed by atoms with van der Waals surface area (Å²) in [7, 11) is 0. The molecule has 5 fully saturated rings. The second-order valence-electron chi connectivity index (χ2n) is 7.88. The van der Waals surface area contributed by atoms with Crippen LogP contribution < -0.4 is 0 Å². The molecule has 3 saturated heterocycles. The number of cyclic esters (lactones) is 1. The highest BCUT2D eigenvalue weighted by molar-refractivity contribution is 5.86. The number of fused-ring (bicyclic) bond motifs is 2. The molecule has 3 aliphatic heterocycles. The van der Waals surface area contributed by atoms with Crippen LogP contribution in [0.5, 0.6) is 0 Å². The molecule has 2 aliphatic carbocycles. The fourth-order valence-corrected chi connectivity index (χ4v) is 6.40. The number of aliphatic hydroxyl groups is 1. The van der Waals surface area contributed by atoms with Gasteiger partial charge in [-0.2, -0.15) is 0 Å². The highest BCUT2D eigenvalue weighted by atomic mass is 16.6. The van der Waals surface area contributed by atoms with Gasteiger partial charge in [-0.25, -0.2) is 0 Å². The van der Waals surface area contributed by atoms with Gasteiger partial charge in [-0.05, 0) is 13.8 Å². The van der Waals surface area contributed by atoms with Crippen LogP contribution in [0.2, 0.25) is 0 Å². The predicted octanol–water partition coefficient (Wildman–Crippen LogP) is 0.164. The lowest BCUT2D eigenvalue weighted by atomic mass is 9.60. The van der Waals surface area contributed by atoms with E-state index in [-0.39, 0.29) is 25.0 Å². The van der Waals surface area contributed by atoms with Crippen LogP contribution in [-0.2, 0) is 23.8 Å². The Bertz CT molecular complexity index is 632. The van der Waals surface area contributed by atoms with Crippen molar-refractivity contribution in [3.8, 4) is 0 Å². The van der Waals surface area contributed by atoms with E-state index in [2.05, 4.69) is 0 Å². The van der Waals surface area contributed by atoms with E-state index in [1.807, 2.05) is 20.8 Å². The first kappa shape index (κ1) is 12.4. The quantitative estimate of drug-likeness (QED) is 0.641. The number of carbonyl (C=O) groups is 2. The number of rotatable bonds is 0. The van der Waals surface area contributed by atoms with Crippen LogP contribution in [0.3, 0.4) is 0 Å². The van der Waals surface area contributed by atoms with Gasteiger partial charge in [-0.15, -0.1) is 0 Å². The van der Waals surface area contributed by atoms with Crippen molar-refractivity contribution in [2.24, 2.45) is 16.2 Å². The molecule has 114 valence electrons. The first-order valence-corrected chi connectivity index (χ1v) is 7.45. The lowest BCUT2D eigenvalue weighted by Crippen LogP contribution is -2.72. The lowest BCUT2D eigenvalue weighted by molar-refractivity contribution is -0.334. The SMILES string of the molecule is C[C@]12COC(=O)[C@@]1(C)[C@H]1O[C@@]3(C)[C@H](O)C[C@@]24OC(=O)CC134. The van der Waals surface area contributed by atoms with Crippen LogP contribution in [0.15, 0.2) is 0 Å². The first-order chi connectivity index (χ1) is 9.70. The van der Waals surface area contributed by atoms with E-state index >= 15 is 0 Å². The van der Waals surface area contributed by atoms with E-state index in [0.717, 1.165) is 0 Å². The topological polar surface area (TPSA) is 82.1 Å². The van der Waals surface area contributed by atoms with Crippen molar-refractivity contribution in [1.82, 2.24) is 0 Å². The highest BCUT2D eigenvalue weighted by Crippen LogP contribution is 2.86. The van der Waals surface area contributed by atoms with Gasteiger partial charge in [0.2, 0.25) is 0 Å². The van der Waals surface area contributed by atoms with Gasteiger partial charge in [0.05, 0.1) is 29.5 Å². The van der Waals surface area contributed by atoms with Crippen molar-refractivity contribution in [2.45, 2.75) is 57.0 Å². The number of esters is 2. The Balaban J connectivity index is 1.85. The summed E-state index contributed by atoms with van der Waals surface area (Å²) in [5.74, 6) is -0.540. The minimum absolute atomic E-state index is 0.208. The number of carbonyl (C=O) groups excluding carboxylic acids is 2. The smallest absolute Gasteiger partial charge is 0.315 e. The van der Waals surface area contributed by atoms with E-state index in [0.29, 0.717) is 6.42 Å². The minimum Gasteiger partial charge on any atom is -0.464 e. The number of hydrogen-bond acceptors (Lipinski definition) is 6.